The molecular weight excluding hydrogens is 1620 g/mol. The Kier molecular flexibility index (Phi) is 44.5. The number of nitrogens with zero attached hydrogens (tertiary/aromatic N) is 2. The number of amides is 15. The highest BCUT2D eigenvalue weighted by molar-refractivity contribution is 6.00. The van der Waals surface area contributed by atoms with Crippen LogP contribution < -0.4 is 92.1 Å². The van der Waals surface area contributed by atoms with Crippen LogP contribution in [0.25, 0.3) is 0 Å². The number of hydrogen-bond donors (Lipinski definition) is 21. The summed E-state index contributed by atoms with van der Waals surface area (Å²) in [4.78, 5) is 226. The van der Waals surface area contributed by atoms with Crippen LogP contribution in [0.5, 0.6) is 5.75 Å². The van der Waals surface area contributed by atoms with Gasteiger partial charge < -0.3 is 117 Å². The number of likely N-dealkylation sites (tertiary alicyclic amines) is 1. The van der Waals surface area contributed by atoms with Crippen molar-refractivity contribution in [3.8, 4) is 5.75 Å². The summed E-state index contributed by atoms with van der Waals surface area (Å²) in [5, 5.41) is 72.7. The summed E-state index contributed by atoms with van der Waals surface area (Å²) >= 11 is 0. The van der Waals surface area contributed by atoms with Gasteiger partial charge in [-0.1, -0.05) is 135 Å². The molecule has 0 radical (unpaired) electrons. The highest BCUT2D eigenvalue weighted by Crippen LogP contribution is 2.24. The lowest BCUT2D eigenvalue weighted by atomic mass is 9.96. The van der Waals surface area contributed by atoms with Crippen LogP contribution in [0.15, 0.2) is 84.9 Å². The highest BCUT2D eigenvalue weighted by Gasteiger charge is 2.44. The SMILES string of the molecule is CCC(C)C(NC(=O)C1CCCN1C(=O)C(NC(=O)C(Cc1ccccc1)[N+](C)(C)C)C(C)C)C(=O)NC(Cc1ccccc1)C(=O)NC(C(=O)NC(Cc1ccc(O)cc1)C(=O)NCC(=O)NC(CCC(=O)O)C(=O)NC(CC(C)C)C(=O)NC(CCC(N)=O)C(=O)NC(CCCNC(=N)N)C(=O)NC(CC(C)C)C(=O)NC(CCCCN)C(N)=O)C(C)O. The molecule has 15 atom stereocenters. The van der Waals surface area contributed by atoms with E-state index in [9.17, 15) is 92.0 Å². The standard InChI is InChI=1S/C86H134N20O19/c1-13-51(8)71(103-81(121)65-30-23-41-105(65)85(125)70(50(6)7)102-82(122)66(106(10,11)12)46-54-26-18-15-19-27-54)83(123)101-64(44-53-24-16-14-17-25-53)80(120)104-72(52(9)107)84(124)100-63(45-55-31-33-56(108)34-32-55)74(114)93-47-68(110)94-59(36-38-69(111)112)76(116)99-62(43-49(4)5)79(119)97-60(35-37-67(88)109)77(117)96-58(29-22-40-92-86(90)91)75(115)98-61(42-48(2)3)78(118)95-57(73(89)113)28-20-21-39-87/h14-19,24-27,31-34,48-52,57-66,70-72,107H,13,20-23,28-30,35-47,87H2,1-12H3,(H21-,88,89,90,91,92,93,94,95,96,97,98,99,100,101,102,103,104,108,109,110,111,112,113,114,115,116,117,118,119,120,121,122,123,124)/p+1. The number of aliphatic hydroxyl groups is 1. The second-order valence-corrected chi connectivity index (χ2v) is 34.0. The number of benzene rings is 3. The smallest absolute Gasteiger partial charge is 0.303 e. The molecule has 3 aromatic rings. The van der Waals surface area contributed by atoms with E-state index in [0.717, 1.165) is 12.5 Å². The first-order valence-electron chi connectivity index (χ1n) is 42.7. The summed E-state index contributed by atoms with van der Waals surface area (Å²) in [6.07, 6.45) is -2.33. The molecule has 39 nitrogen and oxygen atoms in total. The van der Waals surface area contributed by atoms with Crippen LogP contribution in [0, 0.1) is 29.1 Å². The summed E-state index contributed by atoms with van der Waals surface area (Å²) in [5.74, 6) is -16.9. The topological polar surface area (TPSA) is 621 Å². The summed E-state index contributed by atoms with van der Waals surface area (Å²) in [5.41, 5.74) is 24.0. The molecule has 1 fully saturated rings. The summed E-state index contributed by atoms with van der Waals surface area (Å²) in [6.45, 7) is 14.7. The third-order valence-electron chi connectivity index (χ3n) is 21.3. The van der Waals surface area contributed by atoms with Crippen molar-refractivity contribution in [1.82, 2.24) is 74.0 Å². The third-order valence-corrected chi connectivity index (χ3v) is 21.3. The van der Waals surface area contributed by atoms with E-state index in [1.54, 1.807) is 85.7 Å². The lowest BCUT2D eigenvalue weighted by Crippen LogP contribution is -2.63. The van der Waals surface area contributed by atoms with Gasteiger partial charge in [-0.2, -0.15) is 0 Å². The van der Waals surface area contributed by atoms with Crippen molar-refractivity contribution in [2.75, 3.05) is 47.3 Å². The minimum atomic E-state index is -1.88. The van der Waals surface area contributed by atoms with Crippen molar-refractivity contribution in [3.05, 3.63) is 102 Å². The summed E-state index contributed by atoms with van der Waals surface area (Å²) in [7, 11) is 5.67. The van der Waals surface area contributed by atoms with Gasteiger partial charge in [0.15, 0.2) is 12.0 Å². The molecule has 1 heterocycles. The van der Waals surface area contributed by atoms with Gasteiger partial charge in [-0.05, 0) is 137 Å². The average Bonchev–Trinajstić information content (AvgIpc) is 1.72. The normalized spacial score (nSPS) is 16.0. The van der Waals surface area contributed by atoms with E-state index in [1.165, 1.54) is 29.2 Å². The van der Waals surface area contributed by atoms with E-state index in [4.69, 9.17) is 28.3 Å². The van der Waals surface area contributed by atoms with Crippen molar-refractivity contribution >= 4 is 101 Å². The van der Waals surface area contributed by atoms with Crippen molar-refractivity contribution < 1.29 is 96.5 Å². The first kappa shape index (κ1) is 105. The second kappa shape index (κ2) is 52.7. The number of nitrogens with two attached hydrogens (primary N) is 4. The monoisotopic (exact) mass is 1750 g/mol. The molecule has 0 spiro atoms. The number of carboxylic acid groups (broad SMARTS) is 1. The molecule has 15 amide bonds. The number of phenols is 1. The lowest BCUT2D eigenvalue weighted by molar-refractivity contribution is -0.886. The number of quaternary nitrogens is 1. The Labute approximate surface area is 730 Å². The molecule has 692 valence electrons. The van der Waals surface area contributed by atoms with Gasteiger partial charge in [-0.25, -0.2) is 0 Å². The van der Waals surface area contributed by atoms with Crippen LogP contribution in [-0.2, 0) is 96.0 Å². The number of unbranched alkanes of at least 4 members (excludes halogenated alkanes) is 1. The van der Waals surface area contributed by atoms with Crippen molar-refractivity contribution in [2.24, 2.45) is 46.6 Å². The number of nitrogens with one attached hydrogen (secondary N) is 14. The number of carbonyl (C=O) groups excluding carboxylic acids is 15. The maximum Gasteiger partial charge on any atom is 0.303 e. The number of carboxylic acids is 1. The fraction of sp³-hybridized carbons (Fsp3) is 0.593. The molecule has 1 aliphatic rings. The van der Waals surface area contributed by atoms with Gasteiger partial charge in [0.25, 0.3) is 5.91 Å². The molecule has 15 unspecified atom stereocenters. The first-order chi connectivity index (χ1) is 58.8. The summed E-state index contributed by atoms with van der Waals surface area (Å²) < 4.78 is 0.252. The predicted octanol–water partition coefficient (Wildman–Crippen LogP) is -1.88. The van der Waals surface area contributed by atoms with Gasteiger partial charge in [0.05, 0.1) is 33.8 Å². The zero-order valence-corrected chi connectivity index (χ0v) is 73.9. The molecule has 125 heavy (non-hydrogen) atoms. The number of hydrogen-bond acceptors (Lipinski definition) is 20. The zero-order valence-electron chi connectivity index (χ0n) is 73.9. The number of primary amides is 2. The number of carbonyl (C=O) groups is 16. The number of aliphatic carboxylic acids is 1. The minimum absolute atomic E-state index is 0.0289. The maximum atomic E-state index is 14.8. The van der Waals surface area contributed by atoms with E-state index in [0.29, 0.717) is 49.8 Å². The largest absolute Gasteiger partial charge is 0.508 e. The molecule has 25 N–H and O–H groups in total. The van der Waals surface area contributed by atoms with Crippen LogP contribution in [0.1, 0.15) is 169 Å². The van der Waals surface area contributed by atoms with Crippen LogP contribution in [0.3, 0.4) is 0 Å². The number of aromatic hydroxyl groups is 1. The van der Waals surface area contributed by atoms with Crippen molar-refractivity contribution in [2.45, 2.75) is 256 Å². The van der Waals surface area contributed by atoms with Gasteiger partial charge in [-0.3, -0.25) is 82.1 Å². The molecule has 1 saturated heterocycles. The molecule has 0 saturated carbocycles. The van der Waals surface area contributed by atoms with Gasteiger partial charge in [0, 0.05) is 45.2 Å². The molecular formula is C86H135N20O19+. The van der Waals surface area contributed by atoms with E-state index in [-0.39, 0.29) is 86.5 Å². The number of likely N-dealkylation sites (N-methyl/N-ethyl adjacent to an activating group) is 1. The van der Waals surface area contributed by atoms with Gasteiger partial charge in [0.2, 0.25) is 82.7 Å². The fourth-order valence-corrected chi connectivity index (χ4v) is 14.0. The number of aliphatic hydroxyl groups excluding tert-OH is 1. The van der Waals surface area contributed by atoms with Gasteiger partial charge in [0.1, 0.15) is 78.3 Å². The van der Waals surface area contributed by atoms with E-state index >= 15 is 0 Å². The Morgan fingerprint density at radius 3 is 1.42 bits per heavy atom. The fourth-order valence-electron chi connectivity index (χ4n) is 14.0. The number of phenolic OH excluding ortho intramolecular Hbond substituents is 1. The van der Waals surface area contributed by atoms with E-state index in [2.05, 4.69) is 69.1 Å². The number of rotatable bonds is 55. The zero-order chi connectivity index (χ0) is 93.5. The Balaban J connectivity index is 1.59. The third kappa shape index (κ3) is 37.2. The van der Waals surface area contributed by atoms with Crippen molar-refractivity contribution in [1.29, 1.82) is 5.41 Å². The first-order valence-corrected chi connectivity index (χ1v) is 42.7. The summed E-state index contributed by atoms with van der Waals surface area (Å²) in [6, 6.07) is 5.38. The van der Waals surface area contributed by atoms with E-state index in [1.807, 2.05) is 51.5 Å². The maximum absolute atomic E-state index is 14.8. The number of guanidine groups is 1. The molecule has 0 aromatic heterocycles. The Bertz CT molecular complexity index is 4110. The van der Waals surface area contributed by atoms with Crippen LogP contribution in [-0.4, -0.2) is 257 Å². The Morgan fingerprint density at radius 1 is 0.488 bits per heavy atom. The lowest BCUT2D eigenvalue weighted by Gasteiger charge is -2.36. The molecule has 3 aromatic carbocycles. The Hall–Kier alpha value is -11.9. The van der Waals surface area contributed by atoms with Gasteiger partial charge >= 0.3 is 5.97 Å². The van der Waals surface area contributed by atoms with E-state index < -0.39 is 229 Å². The molecule has 0 aliphatic carbocycles. The van der Waals surface area contributed by atoms with Gasteiger partial charge in [-0.15, -0.1) is 0 Å². The molecule has 4 rings (SSSR count). The molecule has 39 heteroatoms. The predicted molar refractivity (Wildman–Crippen MR) is 464 cm³/mol. The van der Waals surface area contributed by atoms with Crippen molar-refractivity contribution in [3.63, 3.8) is 0 Å². The average molecular weight is 1750 g/mol. The molecule has 1 aliphatic heterocycles. The quantitative estimate of drug-likeness (QED) is 0.0127. The van der Waals surface area contributed by atoms with Crippen LogP contribution >= 0.6 is 0 Å². The minimum Gasteiger partial charge on any atom is -0.508 e. The second-order valence-electron chi connectivity index (χ2n) is 34.0. The highest BCUT2D eigenvalue weighted by atomic mass is 16.4. The van der Waals surface area contributed by atoms with Crippen LogP contribution in [0.4, 0.5) is 0 Å². The Morgan fingerprint density at radius 2 is 0.936 bits per heavy atom. The molecule has 0 bridgehead atoms. The van der Waals surface area contributed by atoms with Crippen LogP contribution in [0.2, 0.25) is 0 Å².